The molecule has 1 aliphatic rings. The van der Waals surface area contributed by atoms with Crippen LogP contribution in [0.3, 0.4) is 0 Å². The molecule has 0 N–H and O–H groups in total. The third kappa shape index (κ3) is 3.88. The molecule has 0 spiro atoms. The molecular weight excluding hydrogens is 470 g/mol. The normalized spacial score (nSPS) is 13.7. The van der Waals surface area contributed by atoms with Gasteiger partial charge in [-0.05, 0) is 82.4 Å². The van der Waals surface area contributed by atoms with Crippen LogP contribution in [0, 0.1) is 6.92 Å². The number of ether oxygens (including phenoxy) is 1. The third-order valence-electron chi connectivity index (χ3n) is 6.24. The van der Waals surface area contributed by atoms with Crippen LogP contribution in [0.4, 0.5) is 0 Å². The molecule has 0 unspecified atom stereocenters. The highest BCUT2D eigenvalue weighted by Crippen LogP contribution is 2.41. The number of nitrogens with zero attached hydrogens (tertiary/aromatic N) is 1. The number of esters is 1. The second-order valence-electron chi connectivity index (χ2n) is 8.41. The highest BCUT2D eigenvalue weighted by molar-refractivity contribution is 7.89. The Morgan fingerprint density at radius 2 is 1.65 bits per heavy atom. The van der Waals surface area contributed by atoms with Gasteiger partial charge in [-0.25, -0.2) is 13.2 Å². The Hall–Kier alpha value is -3.19. The highest BCUT2D eigenvalue weighted by Gasteiger charge is 2.33. The lowest BCUT2D eigenvalue weighted by molar-refractivity contribution is 0.0601. The lowest BCUT2D eigenvalue weighted by atomic mass is 9.90. The molecule has 0 bridgehead atoms. The van der Waals surface area contributed by atoms with Crippen molar-refractivity contribution in [2.24, 2.45) is 0 Å². The number of halogens is 1. The highest BCUT2D eigenvalue weighted by atomic mass is 35.5. The molecule has 0 amide bonds. The van der Waals surface area contributed by atoms with Crippen LogP contribution in [0.2, 0.25) is 5.02 Å². The zero-order chi connectivity index (χ0) is 24.0. The molecule has 4 aromatic carbocycles. The van der Waals surface area contributed by atoms with Gasteiger partial charge in [0.15, 0.2) is 0 Å². The van der Waals surface area contributed by atoms with Crippen LogP contribution in [0.5, 0.6) is 0 Å². The standard InChI is InChI=1S/C27H22ClNO4S/c1-17-3-11-23(12-4-17)34(31,32)29-15-21-13-19-5-6-20(27(30)33-2)14-24(19)26(25(21)16-29)18-7-9-22(28)10-8-18/h3-14H,15-16H2,1-2H3. The van der Waals surface area contributed by atoms with Gasteiger partial charge in [0.1, 0.15) is 0 Å². The van der Waals surface area contributed by atoms with Crippen LogP contribution in [-0.4, -0.2) is 25.8 Å². The number of rotatable bonds is 4. The zero-order valence-corrected chi connectivity index (χ0v) is 20.3. The molecule has 34 heavy (non-hydrogen) atoms. The van der Waals surface area contributed by atoms with Crippen LogP contribution >= 0.6 is 11.6 Å². The van der Waals surface area contributed by atoms with E-state index >= 15 is 0 Å². The largest absolute Gasteiger partial charge is 0.465 e. The van der Waals surface area contributed by atoms with E-state index < -0.39 is 16.0 Å². The molecule has 0 saturated heterocycles. The molecule has 0 fully saturated rings. The van der Waals surface area contributed by atoms with E-state index in [1.807, 2.05) is 49.4 Å². The van der Waals surface area contributed by atoms with Crippen LogP contribution in [0.15, 0.2) is 77.7 Å². The van der Waals surface area contributed by atoms with Crippen molar-refractivity contribution in [1.29, 1.82) is 0 Å². The van der Waals surface area contributed by atoms with Crippen LogP contribution in [-0.2, 0) is 27.8 Å². The van der Waals surface area contributed by atoms with Gasteiger partial charge in [0.05, 0.1) is 17.6 Å². The van der Waals surface area contributed by atoms with Crippen molar-refractivity contribution in [2.45, 2.75) is 24.9 Å². The average Bonchev–Trinajstić information content (AvgIpc) is 3.27. The number of carbonyl (C=O) groups excluding carboxylic acids is 1. The number of sulfonamides is 1. The maximum Gasteiger partial charge on any atom is 0.337 e. The van der Waals surface area contributed by atoms with Crippen molar-refractivity contribution in [3.63, 3.8) is 0 Å². The molecule has 4 aromatic rings. The molecular formula is C27H22ClNO4S. The van der Waals surface area contributed by atoms with Gasteiger partial charge in [0, 0.05) is 18.1 Å². The topological polar surface area (TPSA) is 63.7 Å². The van der Waals surface area contributed by atoms with Gasteiger partial charge < -0.3 is 4.74 Å². The number of hydrogen-bond acceptors (Lipinski definition) is 4. The first-order valence-corrected chi connectivity index (χ1v) is 12.6. The quantitative estimate of drug-likeness (QED) is 0.330. The molecule has 5 rings (SSSR count). The number of benzene rings is 4. The van der Waals surface area contributed by atoms with E-state index in [9.17, 15) is 13.2 Å². The summed E-state index contributed by atoms with van der Waals surface area (Å²) in [5, 5.41) is 2.39. The predicted molar refractivity (Wildman–Crippen MR) is 133 cm³/mol. The van der Waals surface area contributed by atoms with Crippen molar-refractivity contribution < 1.29 is 17.9 Å². The minimum atomic E-state index is -3.68. The third-order valence-corrected chi connectivity index (χ3v) is 8.29. The van der Waals surface area contributed by atoms with Crippen molar-refractivity contribution in [1.82, 2.24) is 4.31 Å². The van der Waals surface area contributed by atoms with Crippen molar-refractivity contribution in [3.8, 4) is 11.1 Å². The van der Waals surface area contributed by atoms with E-state index in [4.69, 9.17) is 16.3 Å². The fourth-order valence-electron chi connectivity index (χ4n) is 4.46. The van der Waals surface area contributed by atoms with Crippen LogP contribution in [0.1, 0.15) is 27.0 Å². The SMILES string of the molecule is COC(=O)c1ccc2cc3c(c(-c4ccc(Cl)cc4)c2c1)CN(S(=O)(=O)c1ccc(C)cc1)C3. The first-order valence-electron chi connectivity index (χ1n) is 10.8. The second kappa shape index (κ2) is 8.55. The maximum atomic E-state index is 13.4. The molecule has 5 nitrogen and oxygen atoms in total. The van der Waals surface area contributed by atoms with Gasteiger partial charge in [-0.1, -0.05) is 47.5 Å². The number of carbonyl (C=O) groups is 1. The molecule has 0 aliphatic carbocycles. The molecule has 0 saturated carbocycles. The summed E-state index contributed by atoms with van der Waals surface area (Å²) in [7, 11) is -2.33. The van der Waals surface area contributed by atoms with Gasteiger partial charge in [-0.3, -0.25) is 0 Å². The van der Waals surface area contributed by atoms with Crippen molar-refractivity contribution >= 4 is 38.4 Å². The Balaban J connectivity index is 1.69. The second-order valence-corrected chi connectivity index (χ2v) is 10.8. The van der Waals surface area contributed by atoms with Crippen LogP contribution in [0.25, 0.3) is 21.9 Å². The molecule has 1 heterocycles. The molecule has 1 aliphatic heterocycles. The first kappa shape index (κ1) is 22.6. The predicted octanol–water partition coefficient (Wildman–Crippen LogP) is 5.96. The lowest BCUT2D eigenvalue weighted by Gasteiger charge is -2.16. The Labute approximate surface area is 203 Å². The number of methoxy groups -OCH3 is 1. The zero-order valence-electron chi connectivity index (χ0n) is 18.7. The lowest BCUT2D eigenvalue weighted by Crippen LogP contribution is -2.25. The molecule has 0 aromatic heterocycles. The summed E-state index contributed by atoms with van der Waals surface area (Å²) < 4.78 is 33.3. The van der Waals surface area contributed by atoms with Gasteiger partial charge in [0.25, 0.3) is 0 Å². The molecule has 172 valence electrons. The van der Waals surface area contributed by atoms with E-state index in [0.29, 0.717) is 10.6 Å². The van der Waals surface area contributed by atoms with Gasteiger partial charge in [0.2, 0.25) is 10.0 Å². The number of aryl methyl sites for hydroxylation is 1. The summed E-state index contributed by atoms with van der Waals surface area (Å²) >= 11 is 6.13. The smallest absolute Gasteiger partial charge is 0.337 e. The van der Waals surface area contributed by atoms with Gasteiger partial charge in [-0.15, -0.1) is 0 Å². The van der Waals surface area contributed by atoms with Crippen molar-refractivity contribution in [2.75, 3.05) is 7.11 Å². The average molecular weight is 492 g/mol. The van der Waals surface area contributed by atoms with E-state index in [0.717, 1.165) is 38.6 Å². The first-order chi connectivity index (χ1) is 16.3. The minimum absolute atomic E-state index is 0.238. The Morgan fingerprint density at radius 1 is 0.941 bits per heavy atom. The van der Waals surface area contributed by atoms with Crippen LogP contribution < -0.4 is 0 Å². The monoisotopic (exact) mass is 491 g/mol. The Morgan fingerprint density at radius 3 is 2.32 bits per heavy atom. The van der Waals surface area contributed by atoms with Gasteiger partial charge >= 0.3 is 5.97 Å². The summed E-state index contributed by atoms with van der Waals surface area (Å²) in [6.07, 6.45) is 0. The van der Waals surface area contributed by atoms with E-state index in [-0.39, 0.29) is 18.0 Å². The van der Waals surface area contributed by atoms with Gasteiger partial charge in [-0.2, -0.15) is 4.31 Å². The van der Waals surface area contributed by atoms with E-state index in [2.05, 4.69) is 0 Å². The maximum absolute atomic E-state index is 13.4. The summed E-state index contributed by atoms with van der Waals surface area (Å²) in [4.78, 5) is 12.5. The fourth-order valence-corrected chi connectivity index (χ4v) is 5.97. The van der Waals surface area contributed by atoms with E-state index in [1.165, 1.54) is 11.4 Å². The summed E-state index contributed by atoms with van der Waals surface area (Å²) in [5.74, 6) is -0.423. The number of fused-ring (bicyclic) bond motifs is 2. The Kier molecular flexibility index (Phi) is 5.68. The number of hydrogen-bond donors (Lipinski definition) is 0. The summed E-state index contributed by atoms with van der Waals surface area (Å²) in [5.41, 5.74) is 5.11. The van der Waals surface area contributed by atoms with E-state index in [1.54, 1.807) is 30.3 Å². The molecule has 0 radical (unpaired) electrons. The fraction of sp³-hybridized carbons (Fsp3) is 0.148. The molecule has 0 atom stereocenters. The minimum Gasteiger partial charge on any atom is -0.465 e. The molecule has 7 heteroatoms. The Bertz CT molecular complexity index is 1530. The van der Waals surface area contributed by atoms with Crippen molar-refractivity contribution in [3.05, 3.63) is 100 Å². The summed E-state index contributed by atoms with van der Waals surface area (Å²) in [6.45, 7) is 2.44. The summed E-state index contributed by atoms with van der Waals surface area (Å²) in [6, 6.07) is 21.8.